The molecule has 0 radical (unpaired) electrons. The van der Waals surface area contributed by atoms with Crippen LogP contribution < -0.4 is 20.0 Å². The number of fused-ring (bicyclic) bond motifs is 4. The fourth-order valence-electron chi connectivity index (χ4n) is 4.92. The van der Waals surface area contributed by atoms with Gasteiger partial charge in [0.1, 0.15) is 0 Å². The Morgan fingerprint density at radius 1 is 0.391 bits per heavy atom. The van der Waals surface area contributed by atoms with Crippen LogP contribution in [0.15, 0.2) is 158 Å². The molecule has 0 spiro atoms. The van der Waals surface area contributed by atoms with Crippen molar-refractivity contribution in [2.75, 3.05) is 26.7 Å². The molecule has 0 saturated carbocycles. The molecule has 0 aromatic heterocycles. The second kappa shape index (κ2) is 20.7. The summed E-state index contributed by atoms with van der Waals surface area (Å²) in [4.78, 5) is 0. The standard InChI is InChI=1S/2C11H12P.2C9H7.2FH.2Ti/c2*1-12(2)11-7-9-5-3-4-6-10(9)8-11;2*1-2-5-9-7-3-6-8(9)4-1;;;;/h2*3-8H,1-2H3;2*1-7H;2*1H;;/q4*-1;;;2*+2/p-2. The van der Waals surface area contributed by atoms with Crippen molar-refractivity contribution in [1.29, 1.82) is 0 Å². The third-order valence-corrected chi connectivity index (χ3v) is 9.92. The molecule has 0 heterocycles. The Kier molecular flexibility index (Phi) is 18.6. The molecule has 8 aromatic rings. The minimum absolute atomic E-state index is 0. The van der Waals surface area contributed by atoms with Crippen LogP contribution in [0.25, 0.3) is 43.1 Å². The first-order chi connectivity index (χ1) is 20.5. The van der Waals surface area contributed by atoms with E-state index in [0.29, 0.717) is 0 Å². The summed E-state index contributed by atoms with van der Waals surface area (Å²) in [5.41, 5.74) is 0. The number of hydrogen-bond donors (Lipinski definition) is 0. The second-order valence-corrected chi connectivity index (χ2v) is 15.4. The predicted molar refractivity (Wildman–Crippen MR) is 195 cm³/mol. The van der Waals surface area contributed by atoms with Crippen LogP contribution in [0, 0.1) is 0 Å². The molecule has 0 aliphatic rings. The van der Waals surface area contributed by atoms with Gasteiger partial charge in [-0.2, -0.15) is 47.2 Å². The zero-order valence-electron chi connectivity index (χ0n) is 26.7. The number of rotatable bonds is 2. The Morgan fingerprint density at radius 2 is 0.696 bits per heavy atom. The van der Waals surface area contributed by atoms with Crippen molar-refractivity contribution >= 4 is 69.5 Å². The summed E-state index contributed by atoms with van der Waals surface area (Å²) in [6.07, 6.45) is 0. The summed E-state index contributed by atoms with van der Waals surface area (Å²) in [7, 11) is 0.115. The van der Waals surface area contributed by atoms with E-state index >= 15 is 0 Å². The summed E-state index contributed by atoms with van der Waals surface area (Å²) in [6.45, 7) is 9.18. The van der Waals surface area contributed by atoms with Gasteiger partial charge in [-0.05, 0) is 26.7 Å². The predicted octanol–water partition coefficient (Wildman–Crippen LogP) is 4.97. The zero-order valence-corrected chi connectivity index (χ0v) is 31.6. The van der Waals surface area contributed by atoms with Crippen LogP contribution in [0.2, 0.25) is 0 Å². The third kappa shape index (κ3) is 11.3. The maximum Gasteiger partial charge on any atom is 2.00 e. The van der Waals surface area contributed by atoms with Crippen LogP contribution in [0.5, 0.6) is 0 Å². The van der Waals surface area contributed by atoms with E-state index in [1.807, 2.05) is 0 Å². The van der Waals surface area contributed by atoms with Gasteiger partial charge in [-0.25, -0.2) is 0 Å². The molecular formula is C40H38F2P2Ti2-2. The fourth-order valence-corrected chi connectivity index (χ4v) is 6.51. The fraction of sp³-hybridized carbons (Fsp3) is 0.100. The van der Waals surface area contributed by atoms with E-state index in [1.54, 1.807) is 0 Å². The monoisotopic (exact) mass is 714 g/mol. The van der Waals surface area contributed by atoms with Crippen LogP contribution in [0.1, 0.15) is 0 Å². The largest absolute Gasteiger partial charge is 2.00 e. The molecule has 8 aromatic carbocycles. The molecule has 0 bridgehead atoms. The van der Waals surface area contributed by atoms with E-state index in [4.69, 9.17) is 0 Å². The van der Waals surface area contributed by atoms with Gasteiger partial charge in [-0.15, -0.1) is 156 Å². The Bertz CT molecular complexity index is 1710. The Hall–Kier alpha value is -2.53. The van der Waals surface area contributed by atoms with Crippen LogP contribution in [0.4, 0.5) is 0 Å². The van der Waals surface area contributed by atoms with Crippen LogP contribution in [-0.2, 0) is 43.4 Å². The molecule has 0 unspecified atom stereocenters. The molecule has 0 aliphatic heterocycles. The number of benzene rings is 4. The Balaban J connectivity index is 0.000000300. The molecule has 0 atom stereocenters. The molecule has 0 fully saturated rings. The van der Waals surface area contributed by atoms with Crippen LogP contribution in [0.3, 0.4) is 0 Å². The van der Waals surface area contributed by atoms with Crippen LogP contribution in [-0.4, -0.2) is 26.7 Å². The van der Waals surface area contributed by atoms with Crippen molar-refractivity contribution in [3.8, 4) is 0 Å². The minimum Gasteiger partial charge on any atom is -1.00 e. The average Bonchev–Trinajstić information content (AvgIpc) is 3.83. The normalized spacial score (nSPS) is 9.87. The van der Waals surface area contributed by atoms with Gasteiger partial charge in [0.15, 0.2) is 0 Å². The SMILES string of the molecule is CP(C)c1cc2ccccc2[cH-]1.CP(C)c1cc2ccccc2[cH-]1.[F-].[F-].[Ti+2].[Ti+2].c1ccc2[cH-]ccc2c1.c1ccc2[cH-]ccc2c1. The maximum atomic E-state index is 2.31. The van der Waals surface area contributed by atoms with E-state index < -0.39 is 0 Å². The van der Waals surface area contributed by atoms with E-state index in [0.717, 1.165) is 0 Å². The van der Waals surface area contributed by atoms with Gasteiger partial charge in [-0.3, -0.25) is 0 Å². The van der Waals surface area contributed by atoms with Crippen molar-refractivity contribution in [1.82, 2.24) is 0 Å². The molecule has 0 amide bonds. The van der Waals surface area contributed by atoms with Crippen molar-refractivity contribution in [2.45, 2.75) is 0 Å². The summed E-state index contributed by atoms with van der Waals surface area (Å²) in [5, 5.41) is 13.8. The second-order valence-electron chi connectivity index (χ2n) is 10.8. The van der Waals surface area contributed by atoms with E-state index in [2.05, 4.69) is 184 Å². The first-order valence-electron chi connectivity index (χ1n) is 14.3. The third-order valence-electron chi connectivity index (χ3n) is 7.33. The van der Waals surface area contributed by atoms with Gasteiger partial charge in [0.05, 0.1) is 0 Å². The number of halogens is 2. The molecular weight excluding hydrogens is 676 g/mol. The first-order valence-corrected chi connectivity index (χ1v) is 18.8. The molecule has 232 valence electrons. The zero-order chi connectivity index (χ0) is 29.3. The quantitative estimate of drug-likeness (QED) is 0.135. The molecule has 6 heteroatoms. The van der Waals surface area contributed by atoms with E-state index in [1.165, 1.54) is 53.7 Å². The summed E-state index contributed by atoms with van der Waals surface area (Å²) in [5.74, 6) is 0. The molecule has 0 nitrogen and oxygen atoms in total. The van der Waals surface area contributed by atoms with Gasteiger partial charge in [0.2, 0.25) is 0 Å². The summed E-state index contributed by atoms with van der Waals surface area (Å²) < 4.78 is 0. The van der Waals surface area contributed by atoms with Crippen molar-refractivity contribution in [3.05, 3.63) is 158 Å². The van der Waals surface area contributed by atoms with Gasteiger partial charge in [0.25, 0.3) is 0 Å². The Morgan fingerprint density at radius 3 is 1.00 bits per heavy atom. The van der Waals surface area contributed by atoms with Crippen LogP contribution >= 0.6 is 15.8 Å². The molecule has 0 N–H and O–H groups in total. The minimum atomic E-state index is 0. The Labute approximate surface area is 304 Å². The summed E-state index contributed by atoms with van der Waals surface area (Å²) >= 11 is 0. The van der Waals surface area contributed by atoms with E-state index in [-0.39, 0.29) is 68.7 Å². The van der Waals surface area contributed by atoms with Crippen molar-refractivity contribution in [2.24, 2.45) is 0 Å². The van der Waals surface area contributed by atoms with Crippen molar-refractivity contribution in [3.63, 3.8) is 0 Å². The maximum absolute atomic E-state index is 2.31. The smallest absolute Gasteiger partial charge is 1.00 e. The van der Waals surface area contributed by atoms with E-state index in [9.17, 15) is 0 Å². The van der Waals surface area contributed by atoms with Gasteiger partial charge in [-0.1, -0.05) is 24.3 Å². The molecule has 8 rings (SSSR count). The van der Waals surface area contributed by atoms with Gasteiger partial charge in [0, 0.05) is 0 Å². The average molecular weight is 714 g/mol. The topological polar surface area (TPSA) is 0 Å². The van der Waals surface area contributed by atoms with Gasteiger partial charge < -0.3 is 9.41 Å². The first kappa shape index (κ1) is 41.5. The molecule has 0 aliphatic carbocycles. The van der Waals surface area contributed by atoms with Crippen molar-refractivity contribution < 1.29 is 52.8 Å². The van der Waals surface area contributed by atoms with Gasteiger partial charge >= 0.3 is 43.4 Å². The summed E-state index contributed by atoms with van der Waals surface area (Å²) in [6, 6.07) is 55.7. The number of hydrogen-bond acceptors (Lipinski definition) is 0. The molecule has 46 heavy (non-hydrogen) atoms. The molecule has 0 saturated heterocycles.